The number of methoxy groups -OCH3 is 1. The van der Waals surface area contributed by atoms with E-state index in [0.29, 0.717) is 16.3 Å². The van der Waals surface area contributed by atoms with Crippen LogP contribution in [0.3, 0.4) is 0 Å². The van der Waals surface area contributed by atoms with E-state index in [-0.39, 0.29) is 18.4 Å². The Bertz CT molecular complexity index is 1080. The summed E-state index contributed by atoms with van der Waals surface area (Å²) < 4.78 is 7.54. The molecular formula is C21H22N2O3S. The Morgan fingerprint density at radius 1 is 1.19 bits per heavy atom. The maximum absolute atomic E-state index is 12.6. The Morgan fingerprint density at radius 2 is 1.96 bits per heavy atom. The number of rotatable bonds is 4. The molecule has 5 nitrogen and oxygen atoms in total. The highest BCUT2D eigenvalue weighted by Gasteiger charge is 2.13. The van der Waals surface area contributed by atoms with E-state index in [0.717, 1.165) is 15.8 Å². The monoisotopic (exact) mass is 382 g/mol. The highest BCUT2D eigenvalue weighted by Crippen LogP contribution is 2.23. The number of hydrogen-bond donors (Lipinski definition) is 0. The molecule has 140 valence electrons. The number of carbonyl (C=O) groups excluding carboxylic acids is 2. The zero-order valence-electron chi connectivity index (χ0n) is 15.9. The van der Waals surface area contributed by atoms with Crippen molar-refractivity contribution in [2.45, 2.75) is 33.2 Å². The largest absolute Gasteiger partial charge is 0.468 e. The highest BCUT2D eigenvalue weighted by atomic mass is 32.1. The summed E-state index contributed by atoms with van der Waals surface area (Å²) in [7, 11) is 1.35. The molecule has 1 heterocycles. The summed E-state index contributed by atoms with van der Waals surface area (Å²) in [4.78, 5) is 29.3. The fraction of sp³-hybridized carbons (Fsp3) is 0.286. The molecule has 2 aromatic carbocycles. The number of thiazole rings is 1. The van der Waals surface area contributed by atoms with Crippen LogP contribution in [0.4, 0.5) is 0 Å². The molecule has 1 aromatic heterocycles. The SMILES string of the molecule is COC(=O)Cn1c(=NC(=O)c2cccc(C)c2)sc2cc(C(C)C)ccc21. The zero-order chi connectivity index (χ0) is 19.6. The van der Waals surface area contributed by atoms with Crippen LogP contribution in [0.15, 0.2) is 47.5 Å². The first-order valence-electron chi connectivity index (χ1n) is 8.75. The normalized spacial score (nSPS) is 12.0. The number of benzene rings is 2. The van der Waals surface area contributed by atoms with Gasteiger partial charge in [0.25, 0.3) is 5.91 Å². The minimum Gasteiger partial charge on any atom is -0.468 e. The lowest BCUT2D eigenvalue weighted by molar-refractivity contribution is -0.141. The van der Waals surface area contributed by atoms with Crippen LogP contribution in [-0.4, -0.2) is 23.6 Å². The minimum absolute atomic E-state index is 0.0114. The van der Waals surface area contributed by atoms with Crippen molar-refractivity contribution in [2.75, 3.05) is 7.11 Å². The van der Waals surface area contributed by atoms with Gasteiger partial charge in [-0.05, 0) is 42.7 Å². The van der Waals surface area contributed by atoms with Gasteiger partial charge in [0.05, 0.1) is 17.3 Å². The standard InChI is InChI=1S/C21H22N2O3S/c1-13(2)15-8-9-17-18(11-15)27-21(23(17)12-19(24)26-4)22-20(25)16-7-5-6-14(3)10-16/h5-11,13H,12H2,1-4H3. The lowest BCUT2D eigenvalue weighted by Gasteiger charge is -2.06. The zero-order valence-corrected chi connectivity index (χ0v) is 16.7. The number of amides is 1. The molecule has 0 radical (unpaired) electrons. The van der Waals surface area contributed by atoms with E-state index < -0.39 is 0 Å². The van der Waals surface area contributed by atoms with Crippen molar-refractivity contribution in [3.05, 3.63) is 64.0 Å². The maximum atomic E-state index is 12.6. The summed E-state index contributed by atoms with van der Waals surface area (Å²) in [6.07, 6.45) is 0. The Balaban J connectivity index is 2.15. The van der Waals surface area contributed by atoms with E-state index >= 15 is 0 Å². The molecule has 0 aliphatic heterocycles. The molecule has 3 aromatic rings. The van der Waals surface area contributed by atoms with E-state index in [9.17, 15) is 9.59 Å². The van der Waals surface area contributed by atoms with Gasteiger partial charge in [-0.15, -0.1) is 0 Å². The van der Waals surface area contributed by atoms with E-state index in [4.69, 9.17) is 4.74 Å². The Labute approximate surface area is 161 Å². The third-order valence-electron chi connectivity index (χ3n) is 4.35. The van der Waals surface area contributed by atoms with Crippen molar-refractivity contribution in [2.24, 2.45) is 4.99 Å². The van der Waals surface area contributed by atoms with Gasteiger partial charge in [0.2, 0.25) is 0 Å². The number of hydrogen-bond acceptors (Lipinski definition) is 4. The summed E-state index contributed by atoms with van der Waals surface area (Å²) in [6.45, 7) is 6.20. The van der Waals surface area contributed by atoms with Crippen molar-refractivity contribution in [3.63, 3.8) is 0 Å². The smallest absolute Gasteiger partial charge is 0.325 e. The van der Waals surface area contributed by atoms with Gasteiger partial charge < -0.3 is 9.30 Å². The molecule has 0 saturated carbocycles. The van der Waals surface area contributed by atoms with Crippen LogP contribution in [0.2, 0.25) is 0 Å². The van der Waals surface area contributed by atoms with Crippen molar-refractivity contribution < 1.29 is 14.3 Å². The predicted molar refractivity (Wildman–Crippen MR) is 107 cm³/mol. The number of carbonyl (C=O) groups is 2. The Kier molecular flexibility index (Phi) is 5.56. The van der Waals surface area contributed by atoms with Gasteiger partial charge in [0.1, 0.15) is 6.54 Å². The molecule has 0 saturated heterocycles. The fourth-order valence-electron chi connectivity index (χ4n) is 2.81. The molecule has 0 fully saturated rings. The fourth-order valence-corrected chi connectivity index (χ4v) is 3.89. The molecular weight excluding hydrogens is 360 g/mol. The summed E-state index contributed by atoms with van der Waals surface area (Å²) in [6, 6.07) is 13.4. The first-order chi connectivity index (χ1) is 12.9. The third-order valence-corrected chi connectivity index (χ3v) is 5.39. The van der Waals surface area contributed by atoms with Crippen molar-refractivity contribution in [3.8, 4) is 0 Å². The average molecular weight is 382 g/mol. The van der Waals surface area contributed by atoms with E-state index in [1.807, 2.05) is 31.2 Å². The first-order valence-corrected chi connectivity index (χ1v) is 9.56. The Hall–Kier alpha value is -2.73. The van der Waals surface area contributed by atoms with Gasteiger partial charge in [-0.25, -0.2) is 0 Å². The molecule has 27 heavy (non-hydrogen) atoms. The van der Waals surface area contributed by atoms with Crippen LogP contribution in [0.25, 0.3) is 10.2 Å². The molecule has 0 spiro atoms. The molecule has 0 aliphatic rings. The number of aromatic nitrogens is 1. The molecule has 0 aliphatic carbocycles. The summed E-state index contributed by atoms with van der Waals surface area (Å²) in [5, 5.41) is 0. The number of aryl methyl sites for hydroxylation is 1. The first kappa shape index (κ1) is 19.0. The second-order valence-electron chi connectivity index (χ2n) is 6.72. The number of fused-ring (bicyclic) bond motifs is 1. The molecule has 3 rings (SSSR count). The highest BCUT2D eigenvalue weighted by molar-refractivity contribution is 7.16. The molecule has 0 N–H and O–H groups in total. The number of esters is 1. The van der Waals surface area contributed by atoms with Gasteiger partial charge in [-0.1, -0.05) is 48.9 Å². The average Bonchev–Trinajstić information content (AvgIpc) is 2.97. The van der Waals surface area contributed by atoms with Crippen LogP contribution in [-0.2, 0) is 16.1 Å². The third kappa shape index (κ3) is 4.17. The van der Waals surface area contributed by atoms with Crippen LogP contribution >= 0.6 is 11.3 Å². The van der Waals surface area contributed by atoms with E-state index in [1.54, 1.807) is 16.7 Å². The molecule has 1 amide bonds. The second kappa shape index (κ2) is 7.88. The van der Waals surface area contributed by atoms with Gasteiger partial charge in [0.15, 0.2) is 4.80 Å². The summed E-state index contributed by atoms with van der Waals surface area (Å²) in [5.74, 6) is -0.320. The van der Waals surface area contributed by atoms with Gasteiger partial charge in [-0.2, -0.15) is 4.99 Å². The van der Waals surface area contributed by atoms with Crippen LogP contribution < -0.4 is 4.80 Å². The number of nitrogens with zero attached hydrogens (tertiary/aromatic N) is 2. The van der Waals surface area contributed by atoms with Gasteiger partial charge in [0, 0.05) is 5.56 Å². The molecule has 0 atom stereocenters. The van der Waals surface area contributed by atoms with Crippen LogP contribution in [0.1, 0.15) is 41.3 Å². The topological polar surface area (TPSA) is 60.7 Å². The lowest BCUT2D eigenvalue weighted by Crippen LogP contribution is -2.22. The minimum atomic E-state index is -0.382. The molecule has 6 heteroatoms. The quantitative estimate of drug-likeness (QED) is 0.640. The van der Waals surface area contributed by atoms with E-state index in [1.165, 1.54) is 24.0 Å². The predicted octanol–water partition coefficient (Wildman–Crippen LogP) is 4.05. The molecule has 0 bridgehead atoms. The Morgan fingerprint density at radius 3 is 2.63 bits per heavy atom. The van der Waals surface area contributed by atoms with Gasteiger partial charge in [-0.3, -0.25) is 9.59 Å². The molecule has 0 unspecified atom stereocenters. The van der Waals surface area contributed by atoms with Crippen molar-refractivity contribution in [1.29, 1.82) is 0 Å². The summed E-state index contributed by atoms with van der Waals surface area (Å²) >= 11 is 1.40. The van der Waals surface area contributed by atoms with Crippen LogP contribution in [0, 0.1) is 6.92 Å². The second-order valence-corrected chi connectivity index (χ2v) is 7.72. The lowest BCUT2D eigenvalue weighted by atomic mass is 10.0. The van der Waals surface area contributed by atoms with Crippen molar-refractivity contribution in [1.82, 2.24) is 4.57 Å². The van der Waals surface area contributed by atoms with E-state index in [2.05, 4.69) is 24.9 Å². The van der Waals surface area contributed by atoms with Gasteiger partial charge >= 0.3 is 5.97 Å². The summed E-state index contributed by atoms with van der Waals surface area (Å²) in [5.41, 5.74) is 3.59. The van der Waals surface area contributed by atoms with Crippen molar-refractivity contribution >= 4 is 33.4 Å². The van der Waals surface area contributed by atoms with Crippen LogP contribution in [0.5, 0.6) is 0 Å². The maximum Gasteiger partial charge on any atom is 0.325 e. The number of ether oxygens (including phenoxy) is 1.